The third kappa shape index (κ3) is 3.24. The van der Waals surface area contributed by atoms with Crippen molar-refractivity contribution in [2.75, 3.05) is 11.1 Å². The molecule has 0 saturated carbocycles. The Hall–Kier alpha value is -1.59. The zero-order valence-electron chi connectivity index (χ0n) is 9.58. The molecule has 0 spiro atoms. The fraction of sp³-hybridized carbons (Fsp3) is 0. The van der Waals surface area contributed by atoms with E-state index in [9.17, 15) is 9.18 Å². The van der Waals surface area contributed by atoms with Gasteiger partial charge in [0.05, 0.1) is 11.3 Å². The van der Waals surface area contributed by atoms with Crippen molar-refractivity contribution in [1.82, 2.24) is 0 Å². The predicted molar refractivity (Wildman–Crippen MR) is 77.9 cm³/mol. The van der Waals surface area contributed by atoms with E-state index >= 15 is 0 Å². The topological polar surface area (TPSA) is 55.1 Å². The molecule has 0 radical (unpaired) electrons. The molecule has 98 valence electrons. The van der Waals surface area contributed by atoms with Gasteiger partial charge in [-0.2, -0.15) is 0 Å². The van der Waals surface area contributed by atoms with E-state index in [4.69, 9.17) is 17.3 Å². The molecule has 3 nitrogen and oxygen atoms in total. The van der Waals surface area contributed by atoms with Crippen LogP contribution in [0, 0.1) is 5.82 Å². The normalized spacial score (nSPS) is 10.3. The van der Waals surface area contributed by atoms with Crippen molar-refractivity contribution in [3.05, 3.63) is 57.3 Å². The second kappa shape index (κ2) is 5.59. The van der Waals surface area contributed by atoms with Crippen LogP contribution >= 0.6 is 27.5 Å². The molecule has 0 bridgehead atoms. The number of hydrogen-bond acceptors (Lipinski definition) is 2. The molecular weight excluding hydrogens is 335 g/mol. The van der Waals surface area contributed by atoms with Crippen LogP contribution in [0.1, 0.15) is 10.4 Å². The van der Waals surface area contributed by atoms with Gasteiger partial charge in [0, 0.05) is 15.2 Å². The smallest absolute Gasteiger partial charge is 0.256 e. The van der Waals surface area contributed by atoms with Crippen LogP contribution in [0.4, 0.5) is 15.8 Å². The van der Waals surface area contributed by atoms with Crippen LogP contribution in [-0.4, -0.2) is 5.91 Å². The van der Waals surface area contributed by atoms with E-state index in [0.29, 0.717) is 20.7 Å². The predicted octanol–water partition coefficient (Wildman–Crippen LogP) is 4.08. The number of amides is 1. The van der Waals surface area contributed by atoms with Crippen LogP contribution in [0.25, 0.3) is 0 Å². The van der Waals surface area contributed by atoms with Gasteiger partial charge >= 0.3 is 0 Å². The Morgan fingerprint density at radius 1 is 1.26 bits per heavy atom. The lowest BCUT2D eigenvalue weighted by molar-refractivity contribution is 0.102. The third-order valence-corrected chi connectivity index (χ3v) is 3.36. The van der Waals surface area contributed by atoms with E-state index in [0.717, 1.165) is 6.07 Å². The van der Waals surface area contributed by atoms with Crippen molar-refractivity contribution in [2.24, 2.45) is 0 Å². The van der Waals surface area contributed by atoms with E-state index in [1.54, 1.807) is 12.1 Å². The summed E-state index contributed by atoms with van der Waals surface area (Å²) in [5.74, 6) is -0.971. The molecule has 2 rings (SSSR count). The van der Waals surface area contributed by atoms with Gasteiger partial charge in [-0.15, -0.1) is 0 Å². The highest BCUT2D eigenvalue weighted by molar-refractivity contribution is 9.10. The van der Waals surface area contributed by atoms with Gasteiger partial charge in [-0.1, -0.05) is 11.6 Å². The average molecular weight is 344 g/mol. The van der Waals surface area contributed by atoms with Crippen molar-refractivity contribution in [1.29, 1.82) is 0 Å². The van der Waals surface area contributed by atoms with Gasteiger partial charge in [-0.05, 0) is 52.3 Å². The molecule has 3 N–H and O–H groups in total. The molecule has 0 heterocycles. The van der Waals surface area contributed by atoms with Crippen molar-refractivity contribution >= 4 is 44.8 Å². The van der Waals surface area contributed by atoms with Crippen molar-refractivity contribution in [3.8, 4) is 0 Å². The molecule has 0 fully saturated rings. The maximum absolute atomic E-state index is 13.3. The summed E-state index contributed by atoms with van der Waals surface area (Å²) >= 11 is 9.09. The molecule has 0 aromatic heterocycles. The van der Waals surface area contributed by atoms with Crippen molar-refractivity contribution in [3.63, 3.8) is 0 Å². The number of halogens is 3. The van der Waals surface area contributed by atoms with Crippen LogP contribution < -0.4 is 11.1 Å². The zero-order chi connectivity index (χ0) is 14.0. The van der Waals surface area contributed by atoms with Crippen LogP contribution in [-0.2, 0) is 0 Å². The van der Waals surface area contributed by atoms with Crippen LogP contribution in [0.3, 0.4) is 0 Å². The lowest BCUT2D eigenvalue weighted by Gasteiger charge is -2.08. The summed E-state index contributed by atoms with van der Waals surface area (Å²) in [4.78, 5) is 12.0. The first kappa shape index (κ1) is 13.8. The second-order valence-corrected chi connectivity index (χ2v) is 5.11. The average Bonchev–Trinajstić information content (AvgIpc) is 2.36. The Bertz CT molecular complexity index is 649. The Balaban J connectivity index is 2.25. The van der Waals surface area contributed by atoms with E-state index in [1.165, 1.54) is 18.2 Å². The van der Waals surface area contributed by atoms with E-state index < -0.39 is 11.7 Å². The lowest BCUT2D eigenvalue weighted by atomic mass is 10.2. The van der Waals surface area contributed by atoms with Gasteiger partial charge in [0.2, 0.25) is 0 Å². The number of anilines is 2. The second-order valence-electron chi connectivity index (χ2n) is 3.81. The Morgan fingerprint density at radius 3 is 2.68 bits per heavy atom. The number of carbonyl (C=O) groups is 1. The maximum atomic E-state index is 13.3. The SMILES string of the molecule is Nc1ccc(NC(=O)c2cc(Cl)ccc2Br)cc1F. The number of hydrogen-bond donors (Lipinski definition) is 2. The molecular formula is C13H9BrClFN2O. The number of nitrogens with two attached hydrogens (primary N) is 1. The molecule has 2 aromatic rings. The molecule has 0 atom stereocenters. The number of rotatable bonds is 2. The zero-order valence-corrected chi connectivity index (χ0v) is 11.9. The van der Waals surface area contributed by atoms with Crippen molar-refractivity contribution in [2.45, 2.75) is 0 Å². The Kier molecular flexibility index (Phi) is 4.07. The minimum Gasteiger partial charge on any atom is -0.396 e. The lowest BCUT2D eigenvalue weighted by Crippen LogP contribution is -2.12. The molecule has 0 saturated heterocycles. The molecule has 0 unspecified atom stereocenters. The highest BCUT2D eigenvalue weighted by Gasteiger charge is 2.11. The largest absolute Gasteiger partial charge is 0.396 e. The Labute approximate surface area is 122 Å². The number of nitrogen functional groups attached to an aromatic ring is 1. The van der Waals surface area contributed by atoms with Gasteiger partial charge < -0.3 is 11.1 Å². The molecule has 6 heteroatoms. The molecule has 1 amide bonds. The van der Waals surface area contributed by atoms with Gasteiger partial charge in [0.1, 0.15) is 5.82 Å². The fourth-order valence-corrected chi connectivity index (χ4v) is 2.07. The number of carbonyl (C=O) groups excluding carboxylic acids is 1. The number of nitrogens with one attached hydrogen (secondary N) is 1. The van der Waals surface area contributed by atoms with Crippen molar-refractivity contribution < 1.29 is 9.18 Å². The summed E-state index contributed by atoms with van der Waals surface area (Å²) in [5, 5.41) is 3.01. The minimum atomic E-state index is -0.581. The van der Waals surface area contributed by atoms with Gasteiger partial charge in [0.15, 0.2) is 0 Å². The molecule has 0 aliphatic carbocycles. The van der Waals surface area contributed by atoms with Crippen LogP contribution in [0.15, 0.2) is 40.9 Å². The summed E-state index contributed by atoms with van der Waals surface area (Å²) in [6.45, 7) is 0. The van der Waals surface area contributed by atoms with Crippen LogP contribution in [0.5, 0.6) is 0 Å². The first-order valence-corrected chi connectivity index (χ1v) is 6.46. The van der Waals surface area contributed by atoms with Crippen LogP contribution in [0.2, 0.25) is 5.02 Å². The summed E-state index contributed by atoms with van der Waals surface area (Å²) < 4.78 is 13.9. The van der Waals surface area contributed by atoms with E-state index in [2.05, 4.69) is 21.2 Å². The van der Waals surface area contributed by atoms with E-state index in [-0.39, 0.29) is 5.69 Å². The molecule has 0 aliphatic heterocycles. The first-order valence-electron chi connectivity index (χ1n) is 5.29. The first-order chi connectivity index (χ1) is 8.97. The summed E-state index contributed by atoms with van der Waals surface area (Å²) in [6.07, 6.45) is 0. The molecule has 2 aromatic carbocycles. The molecule has 0 aliphatic rings. The highest BCUT2D eigenvalue weighted by atomic mass is 79.9. The quantitative estimate of drug-likeness (QED) is 0.807. The van der Waals surface area contributed by atoms with Gasteiger partial charge in [-0.25, -0.2) is 4.39 Å². The fourth-order valence-electron chi connectivity index (χ4n) is 1.47. The number of benzene rings is 2. The summed E-state index contributed by atoms with van der Waals surface area (Å²) in [7, 11) is 0. The monoisotopic (exact) mass is 342 g/mol. The third-order valence-electron chi connectivity index (χ3n) is 2.43. The summed E-state index contributed by atoms with van der Waals surface area (Å²) in [5.41, 5.74) is 6.08. The standard InChI is InChI=1S/C13H9BrClFN2O/c14-10-3-1-7(15)5-9(10)13(19)18-8-2-4-12(17)11(16)6-8/h1-6H,17H2,(H,18,19). The van der Waals surface area contributed by atoms with Gasteiger partial charge in [0.25, 0.3) is 5.91 Å². The molecule has 19 heavy (non-hydrogen) atoms. The Morgan fingerprint density at radius 2 is 2.00 bits per heavy atom. The minimum absolute atomic E-state index is 0.0296. The van der Waals surface area contributed by atoms with E-state index in [1.807, 2.05) is 0 Å². The maximum Gasteiger partial charge on any atom is 0.256 e. The van der Waals surface area contributed by atoms with Gasteiger partial charge in [-0.3, -0.25) is 4.79 Å². The highest BCUT2D eigenvalue weighted by Crippen LogP contribution is 2.23. The summed E-state index contributed by atoms with van der Waals surface area (Å²) in [6, 6.07) is 8.92.